The monoisotopic (exact) mass is 240 g/mol. The fourth-order valence-corrected chi connectivity index (χ4v) is 2.01. The Kier molecular flexibility index (Phi) is 7.65. The standard InChI is InChI=1S/C5H11ClO2S.C5H10/c1-2-3-4-5-9(6,7)8;1-5-3-2-4-5/h2-5H2,1H3;5H,2-4H2,1H3. The molecule has 1 fully saturated rings. The number of hydrogen-bond acceptors (Lipinski definition) is 2. The first-order valence-corrected chi connectivity index (χ1v) is 7.86. The van der Waals surface area contributed by atoms with E-state index in [1.54, 1.807) is 0 Å². The molecule has 0 aromatic rings. The topological polar surface area (TPSA) is 34.1 Å². The predicted molar refractivity (Wildman–Crippen MR) is 62.2 cm³/mol. The molecule has 2 nitrogen and oxygen atoms in total. The van der Waals surface area contributed by atoms with Crippen LogP contribution >= 0.6 is 10.7 Å². The van der Waals surface area contributed by atoms with E-state index in [9.17, 15) is 8.42 Å². The van der Waals surface area contributed by atoms with Gasteiger partial charge < -0.3 is 0 Å². The van der Waals surface area contributed by atoms with Crippen LogP contribution in [0, 0.1) is 5.92 Å². The molecule has 1 rings (SSSR count). The molecule has 0 aliphatic heterocycles. The van der Waals surface area contributed by atoms with Gasteiger partial charge in [0, 0.05) is 10.7 Å². The summed E-state index contributed by atoms with van der Waals surface area (Å²) >= 11 is 0. The zero-order valence-corrected chi connectivity index (χ0v) is 10.7. The first-order valence-electron chi connectivity index (χ1n) is 5.38. The third-order valence-electron chi connectivity index (χ3n) is 2.39. The zero-order chi connectivity index (χ0) is 11.0. The maximum Gasteiger partial charge on any atom is 0.232 e. The Labute approximate surface area is 92.5 Å². The van der Waals surface area contributed by atoms with Crippen molar-refractivity contribution in [3.8, 4) is 0 Å². The van der Waals surface area contributed by atoms with Crippen molar-refractivity contribution < 1.29 is 8.42 Å². The molecule has 0 radical (unpaired) electrons. The molecular formula is C10H21ClO2S. The molecule has 1 aliphatic carbocycles. The van der Waals surface area contributed by atoms with E-state index in [-0.39, 0.29) is 5.75 Å². The van der Waals surface area contributed by atoms with Crippen LogP contribution in [0.5, 0.6) is 0 Å². The molecule has 4 heteroatoms. The first-order chi connectivity index (χ1) is 6.45. The summed E-state index contributed by atoms with van der Waals surface area (Å²) in [6.45, 7) is 4.32. The Hall–Kier alpha value is 0.240. The highest BCUT2D eigenvalue weighted by atomic mass is 35.7. The van der Waals surface area contributed by atoms with Crippen LogP contribution in [0.3, 0.4) is 0 Å². The third kappa shape index (κ3) is 10.3. The molecule has 0 aromatic carbocycles. The van der Waals surface area contributed by atoms with E-state index < -0.39 is 9.05 Å². The predicted octanol–water partition coefficient (Wildman–Crippen LogP) is 3.55. The van der Waals surface area contributed by atoms with Crippen LogP contribution in [0.1, 0.15) is 52.4 Å². The second kappa shape index (κ2) is 7.52. The van der Waals surface area contributed by atoms with Gasteiger partial charge in [-0.05, 0) is 12.3 Å². The first kappa shape index (κ1) is 14.2. The maximum absolute atomic E-state index is 10.3. The minimum absolute atomic E-state index is 0.113. The third-order valence-corrected chi connectivity index (χ3v) is 3.62. The van der Waals surface area contributed by atoms with E-state index in [0.29, 0.717) is 6.42 Å². The van der Waals surface area contributed by atoms with Crippen molar-refractivity contribution in [1.29, 1.82) is 0 Å². The smallest absolute Gasteiger partial charge is 0.212 e. The molecule has 86 valence electrons. The van der Waals surface area contributed by atoms with Gasteiger partial charge in [0.25, 0.3) is 0 Å². The summed E-state index contributed by atoms with van der Waals surface area (Å²) in [6, 6.07) is 0. The lowest BCUT2D eigenvalue weighted by Gasteiger charge is -2.18. The van der Waals surface area contributed by atoms with Gasteiger partial charge in [0.1, 0.15) is 0 Å². The van der Waals surface area contributed by atoms with Crippen LogP contribution in [-0.4, -0.2) is 14.2 Å². The van der Waals surface area contributed by atoms with Crippen LogP contribution < -0.4 is 0 Å². The minimum atomic E-state index is -3.22. The van der Waals surface area contributed by atoms with E-state index in [1.165, 1.54) is 19.3 Å². The second-order valence-corrected chi connectivity index (χ2v) is 6.88. The zero-order valence-electron chi connectivity index (χ0n) is 9.13. The Morgan fingerprint density at radius 2 is 1.79 bits per heavy atom. The maximum atomic E-state index is 10.3. The number of rotatable bonds is 4. The molecule has 0 spiro atoms. The molecule has 0 aromatic heterocycles. The van der Waals surface area contributed by atoms with Crippen molar-refractivity contribution in [1.82, 2.24) is 0 Å². The van der Waals surface area contributed by atoms with E-state index in [1.807, 2.05) is 6.92 Å². The Balaban J connectivity index is 0.000000280. The van der Waals surface area contributed by atoms with Gasteiger partial charge in [0.15, 0.2) is 0 Å². The molecule has 0 saturated heterocycles. The van der Waals surface area contributed by atoms with Crippen molar-refractivity contribution in [2.75, 3.05) is 5.75 Å². The van der Waals surface area contributed by atoms with Crippen molar-refractivity contribution in [2.45, 2.75) is 52.4 Å². The van der Waals surface area contributed by atoms with Gasteiger partial charge in [-0.3, -0.25) is 0 Å². The molecule has 0 bridgehead atoms. The van der Waals surface area contributed by atoms with Crippen molar-refractivity contribution >= 4 is 19.7 Å². The van der Waals surface area contributed by atoms with E-state index in [4.69, 9.17) is 10.7 Å². The van der Waals surface area contributed by atoms with Gasteiger partial charge in [-0.25, -0.2) is 8.42 Å². The summed E-state index contributed by atoms with van der Waals surface area (Å²) in [5.41, 5.74) is 0. The average molecular weight is 241 g/mol. The van der Waals surface area contributed by atoms with Gasteiger partial charge in [0.05, 0.1) is 5.75 Å². The van der Waals surface area contributed by atoms with E-state index in [0.717, 1.165) is 18.8 Å². The van der Waals surface area contributed by atoms with Gasteiger partial charge in [-0.2, -0.15) is 0 Å². The lowest BCUT2D eigenvalue weighted by Crippen LogP contribution is -2.04. The fourth-order valence-electron chi connectivity index (χ4n) is 1.14. The minimum Gasteiger partial charge on any atom is -0.212 e. The SMILES string of the molecule is CC1CCC1.CCCCCS(=O)(=O)Cl. The summed E-state index contributed by atoms with van der Waals surface area (Å²) < 4.78 is 20.5. The normalized spacial score (nSPS) is 16.8. The van der Waals surface area contributed by atoms with Crippen molar-refractivity contribution in [3.05, 3.63) is 0 Å². The second-order valence-electron chi connectivity index (χ2n) is 3.99. The number of hydrogen-bond donors (Lipinski definition) is 0. The van der Waals surface area contributed by atoms with Gasteiger partial charge in [0.2, 0.25) is 9.05 Å². The lowest BCUT2D eigenvalue weighted by molar-refractivity contribution is 0.346. The van der Waals surface area contributed by atoms with Crippen molar-refractivity contribution in [2.24, 2.45) is 5.92 Å². The molecule has 14 heavy (non-hydrogen) atoms. The largest absolute Gasteiger partial charge is 0.232 e. The van der Waals surface area contributed by atoms with Crippen LogP contribution in [0.4, 0.5) is 0 Å². The van der Waals surface area contributed by atoms with Crippen LogP contribution in [-0.2, 0) is 9.05 Å². The molecule has 0 N–H and O–H groups in total. The average Bonchev–Trinajstić information content (AvgIpc) is 2.00. The summed E-state index contributed by atoms with van der Waals surface area (Å²) in [5.74, 6) is 1.18. The molecule has 0 heterocycles. The molecule has 1 aliphatic rings. The molecule has 0 atom stereocenters. The molecule has 1 saturated carbocycles. The van der Waals surface area contributed by atoms with Crippen LogP contribution in [0.15, 0.2) is 0 Å². The molecule has 0 unspecified atom stereocenters. The van der Waals surface area contributed by atoms with Crippen LogP contribution in [0.25, 0.3) is 0 Å². The highest BCUT2D eigenvalue weighted by Crippen LogP contribution is 2.24. The highest BCUT2D eigenvalue weighted by molar-refractivity contribution is 8.13. The van der Waals surface area contributed by atoms with E-state index >= 15 is 0 Å². The Morgan fingerprint density at radius 3 is 2.00 bits per heavy atom. The summed E-state index contributed by atoms with van der Waals surface area (Å²) in [6.07, 6.45) is 7.10. The van der Waals surface area contributed by atoms with Crippen molar-refractivity contribution in [3.63, 3.8) is 0 Å². The fraction of sp³-hybridized carbons (Fsp3) is 1.00. The Bertz CT molecular complexity index is 220. The highest BCUT2D eigenvalue weighted by Gasteiger charge is 2.09. The quantitative estimate of drug-likeness (QED) is 0.556. The number of unbranched alkanes of at least 4 members (excludes halogenated alkanes) is 2. The summed E-state index contributed by atoms with van der Waals surface area (Å²) in [7, 11) is 1.72. The van der Waals surface area contributed by atoms with Crippen LogP contribution in [0.2, 0.25) is 0 Å². The van der Waals surface area contributed by atoms with Gasteiger partial charge in [-0.1, -0.05) is 46.0 Å². The summed E-state index contributed by atoms with van der Waals surface area (Å²) in [5, 5.41) is 0. The molecule has 0 amide bonds. The van der Waals surface area contributed by atoms with Gasteiger partial charge in [-0.15, -0.1) is 0 Å². The number of halogens is 1. The van der Waals surface area contributed by atoms with E-state index in [2.05, 4.69) is 6.92 Å². The Morgan fingerprint density at radius 1 is 1.29 bits per heavy atom. The lowest BCUT2D eigenvalue weighted by atomic mass is 9.88. The summed E-state index contributed by atoms with van der Waals surface area (Å²) in [4.78, 5) is 0. The van der Waals surface area contributed by atoms with Gasteiger partial charge >= 0.3 is 0 Å². The molecular weight excluding hydrogens is 220 g/mol.